The zero-order chi connectivity index (χ0) is 24.0. The van der Waals surface area contributed by atoms with Crippen molar-refractivity contribution in [3.05, 3.63) is 112 Å². The maximum Gasteiger partial charge on any atom is 0.251 e. The summed E-state index contributed by atoms with van der Waals surface area (Å²) in [6.07, 6.45) is 2.66. The van der Waals surface area contributed by atoms with Gasteiger partial charge < -0.3 is 5.32 Å². The molecule has 0 unspecified atom stereocenters. The van der Waals surface area contributed by atoms with Crippen LogP contribution in [-0.2, 0) is 18.7 Å². The van der Waals surface area contributed by atoms with Gasteiger partial charge in [-0.25, -0.2) is 9.97 Å². The van der Waals surface area contributed by atoms with Crippen LogP contribution < -0.4 is 5.32 Å². The van der Waals surface area contributed by atoms with E-state index < -0.39 is 0 Å². The van der Waals surface area contributed by atoms with Gasteiger partial charge in [0.2, 0.25) is 0 Å². The average Bonchev–Trinajstić information content (AvgIpc) is 3.52. The fourth-order valence-corrected chi connectivity index (χ4v) is 5.49. The van der Waals surface area contributed by atoms with E-state index in [-0.39, 0.29) is 5.91 Å². The number of carbonyl (C=O) groups excluding carboxylic acids is 1. The number of nitrogens with zero attached hydrogens (tertiary/aromatic N) is 3. The molecule has 5 aromatic rings. The van der Waals surface area contributed by atoms with Crippen LogP contribution in [0.5, 0.6) is 0 Å². The molecule has 3 aromatic heterocycles. The number of fused-ring (bicyclic) bond motifs is 1. The minimum Gasteiger partial charge on any atom is -0.352 e. The van der Waals surface area contributed by atoms with Gasteiger partial charge in [-0.3, -0.25) is 9.36 Å². The average molecular weight is 499 g/mol. The molecule has 0 radical (unpaired) electrons. The number of pyridine rings is 1. The van der Waals surface area contributed by atoms with Gasteiger partial charge in [0.05, 0.1) is 6.54 Å². The zero-order valence-corrected chi connectivity index (χ0v) is 21.1. The van der Waals surface area contributed by atoms with E-state index in [1.807, 2.05) is 42.5 Å². The Hall–Kier alpha value is -3.42. The van der Waals surface area contributed by atoms with Gasteiger partial charge in [0.1, 0.15) is 5.52 Å². The van der Waals surface area contributed by atoms with Crippen molar-refractivity contribution >= 4 is 40.2 Å². The zero-order valence-electron chi connectivity index (χ0n) is 19.5. The van der Waals surface area contributed by atoms with E-state index in [0.717, 1.165) is 34.1 Å². The molecular formula is C28H26N4OS2. The predicted molar refractivity (Wildman–Crippen MR) is 144 cm³/mol. The largest absolute Gasteiger partial charge is 0.352 e. The van der Waals surface area contributed by atoms with Crippen LogP contribution in [0.4, 0.5) is 0 Å². The highest BCUT2D eigenvalue weighted by Crippen LogP contribution is 2.27. The van der Waals surface area contributed by atoms with Crippen molar-refractivity contribution in [2.45, 2.75) is 30.8 Å². The molecule has 0 fully saturated rings. The summed E-state index contributed by atoms with van der Waals surface area (Å²) in [4.78, 5) is 23.2. The number of carbonyl (C=O) groups is 1. The Morgan fingerprint density at radius 1 is 1.00 bits per heavy atom. The first-order chi connectivity index (χ1) is 17.2. The van der Waals surface area contributed by atoms with Crippen molar-refractivity contribution in [1.29, 1.82) is 0 Å². The topological polar surface area (TPSA) is 59.8 Å². The standard InChI is InChI=1S/C28H26N4OS2/c1-20-6-8-22(9-7-20)19-35-28-31-25-5-2-15-29-26(25)32(28)18-21-10-12-23(13-11-21)27(33)30-16-14-24-4-3-17-34-24/h2-13,15,17H,14,16,18-19H2,1H3,(H,30,33). The fraction of sp³-hybridized carbons (Fsp3) is 0.179. The normalized spacial score (nSPS) is 11.1. The van der Waals surface area contributed by atoms with Crippen LogP contribution in [0.25, 0.3) is 11.2 Å². The lowest BCUT2D eigenvalue weighted by Gasteiger charge is -2.10. The van der Waals surface area contributed by atoms with Gasteiger partial charge in [0.25, 0.3) is 5.91 Å². The predicted octanol–water partition coefficient (Wildman–Crippen LogP) is 6.11. The van der Waals surface area contributed by atoms with Gasteiger partial charge >= 0.3 is 0 Å². The molecule has 0 saturated heterocycles. The number of nitrogens with one attached hydrogen (secondary N) is 1. The van der Waals surface area contributed by atoms with Crippen LogP contribution in [0.2, 0.25) is 0 Å². The maximum atomic E-state index is 12.5. The lowest BCUT2D eigenvalue weighted by Crippen LogP contribution is -2.25. The minimum atomic E-state index is -0.0443. The fourth-order valence-electron chi connectivity index (χ4n) is 3.82. The van der Waals surface area contributed by atoms with Gasteiger partial charge in [-0.15, -0.1) is 11.3 Å². The number of benzene rings is 2. The van der Waals surface area contributed by atoms with Crippen LogP contribution in [0.1, 0.15) is 31.9 Å². The number of rotatable bonds is 9. The third-order valence-corrected chi connectivity index (χ3v) is 7.73. The first-order valence-electron chi connectivity index (χ1n) is 11.5. The van der Waals surface area contributed by atoms with E-state index >= 15 is 0 Å². The van der Waals surface area contributed by atoms with Gasteiger partial charge in [-0.1, -0.05) is 59.8 Å². The molecule has 2 aromatic carbocycles. The van der Waals surface area contributed by atoms with Crippen LogP contribution in [0.15, 0.2) is 89.5 Å². The summed E-state index contributed by atoms with van der Waals surface area (Å²) >= 11 is 3.43. The van der Waals surface area contributed by atoms with Crippen molar-refractivity contribution < 1.29 is 4.79 Å². The van der Waals surface area contributed by atoms with Crippen molar-refractivity contribution in [2.75, 3.05) is 6.54 Å². The number of amides is 1. The second-order valence-corrected chi connectivity index (χ2v) is 10.4. The molecule has 0 aliphatic heterocycles. The molecular weight excluding hydrogens is 472 g/mol. The highest BCUT2D eigenvalue weighted by atomic mass is 32.2. The smallest absolute Gasteiger partial charge is 0.251 e. The molecule has 1 amide bonds. The third kappa shape index (κ3) is 5.81. The van der Waals surface area contributed by atoms with E-state index in [1.165, 1.54) is 16.0 Å². The number of imidazole rings is 1. The lowest BCUT2D eigenvalue weighted by atomic mass is 10.1. The van der Waals surface area contributed by atoms with E-state index in [2.05, 4.69) is 57.5 Å². The molecule has 35 heavy (non-hydrogen) atoms. The Balaban J connectivity index is 1.28. The molecule has 176 valence electrons. The van der Waals surface area contributed by atoms with Crippen molar-refractivity contribution in [1.82, 2.24) is 19.9 Å². The Morgan fingerprint density at radius 3 is 2.57 bits per heavy atom. The Kier molecular flexibility index (Phi) is 7.25. The van der Waals surface area contributed by atoms with Crippen molar-refractivity contribution in [2.24, 2.45) is 0 Å². The van der Waals surface area contributed by atoms with Crippen molar-refractivity contribution in [3.8, 4) is 0 Å². The second-order valence-electron chi connectivity index (χ2n) is 8.38. The summed E-state index contributed by atoms with van der Waals surface area (Å²) in [5.74, 6) is 0.797. The van der Waals surface area contributed by atoms with Crippen LogP contribution in [0.3, 0.4) is 0 Å². The molecule has 0 atom stereocenters. The highest BCUT2D eigenvalue weighted by Gasteiger charge is 2.13. The van der Waals surface area contributed by atoms with E-state index in [0.29, 0.717) is 18.7 Å². The Labute approximate surface area is 213 Å². The summed E-state index contributed by atoms with van der Waals surface area (Å²) in [6.45, 7) is 3.38. The number of thiophene rings is 1. The molecule has 0 aliphatic rings. The van der Waals surface area contributed by atoms with E-state index in [1.54, 1.807) is 29.3 Å². The summed E-state index contributed by atoms with van der Waals surface area (Å²) in [5.41, 5.74) is 6.05. The molecule has 0 aliphatic carbocycles. The Bertz CT molecular complexity index is 1410. The monoisotopic (exact) mass is 498 g/mol. The minimum absolute atomic E-state index is 0.0443. The summed E-state index contributed by atoms with van der Waals surface area (Å²) < 4.78 is 2.16. The highest BCUT2D eigenvalue weighted by molar-refractivity contribution is 7.98. The number of thioether (sulfide) groups is 1. The quantitative estimate of drug-likeness (QED) is 0.249. The Morgan fingerprint density at radius 2 is 1.80 bits per heavy atom. The number of aryl methyl sites for hydroxylation is 1. The first kappa shape index (κ1) is 23.3. The molecule has 5 nitrogen and oxygen atoms in total. The number of hydrogen-bond acceptors (Lipinski definition) is 5. The van der Waals surface area contributed by atoms with Crippen molar-refractivity contribution in [3.63, 3.8) is 0 Å². The summed E-state index contributed by atoms with van der Waals surface area (Å²) in [5, 5.41) is 6.01. The van der Waals surface area contributed by atoms with Gasteiger partial charge in [0, 0.05) is 28.9 Å². The first-order valence-corrected chi connectivity index (χ1v) is 13.4. The van der Waals surface area contributed by atoms with E-state index in [9.17, 15) is 4.79 Å². The van der Waals surface area contributed by atoms with Gasteiger partial charge in [-0.05, 0) is 60.2 Å². The summed E-state index contributed by atoms with van der Waals surface area (Å²) in [7, 11) is 0. The molecule has 0 spiro atoms. The van der Waals surface area contributed by atoms with Gasteiger partial charge in [0.15, 0.2) is 10.8 Å². The molecule has 7 heteroatoms. The molecule has 1 N–H and O–H groups in total. The molecule has 3 heterocycles. The van der Waals surface area contributed by atoms with Crippen LogP contribution in [-0.4, -0.2) is 27.0 Å². The molecule has 5 rings (SSSR count). The SMILES string of the molecule is Cc1ccc(CSc2nc3cccnc3n2Cc2ccc(C(=O)NCCc3cccs3)cc2)cc1. The number of aromatic nitrogens is 3. The van der Waals surface area contributed by atoms with Gasteiger partial charge in [-0.2, -0.15) is 0 Å². The lowest BCUT2D eigenvalue weighted by molar-refractivity contribution is 0.0954. The molecule has 0 saturated carbocycles. The number of hydrogen-bond donors (Lipinski definition) is 1. The van der Waals surface area contributed by atoms with Crippen LogP contribution in [0, 0.1) is 6.92 Å². The maximum absolute atomic E-state index is 12.5. The third-order valence-electron chi connectivity index (χ3n) is 5.75. The summed E-state index contributed by atoms with van der Waals surface area (Å²) in [6, 6.07) is 24.5. The molecule has 0 bridgehead atoms. The van der Waals surface area contributed by atoms with Crippen LogP contribution >= 0.6 is 23.1 Å². The second kappa shape index (κ2) is 10.9. The van der Waals surface area contributed by atoms with E-state index in [4.69, 9.17) is 4.98 Å².